The van der Waals surface area contributed by atoms with Gasteiger partial charge in [0, 0.05) is 5.52 Å². The molecule has 19 heavy (non-hydrogen) atoms. The fourth-order valence-corrected chi connectivity index (χ4v) is 1.79. The third-order valence-electron chi connectivity index (χ3n) is 2.65. The number of hydrogen-bond donors (Lipinski definition) is 2. The summed E-state index contributed by atoms with van der Waals surface area (Å²) in [6, 6.07) is 6.43. The van der Waals surface area contributed by atoms with Crippen LogP contribution in [0.1, 0.15) is 16.2 Å². The minimum absolute atomic E-state index is 0.258. The predicted octanol–water partition coefficient (Wildman–Crippen LogP) is -0.654. The molecule has 8 heteroatoms. The van der Waals surface area contributed by atoms with Crippen LogP contribution in [0.4, 0.5) is 0 Å². The Kier molecular flexibility index (Phi) is 2.34. The number of benzene rings is 1. The lowest BCUT2D eigenvalue weighted by Crippen LogP contribution is -2.22. The SMILES string of the molecule is O=C(c1nn[nH]n1)c1c([O-])c2ccccc2[nH]c1=O. The normalized spacial score (nSPS) is 10.7. The van der Waals surface area contributed by atoms with Crippen molar-refractivity contribution in [1.82, 2.24) is 25.6 Å². The molecular weight excluding hydrogens is 250 g/mol. The van der Waals surface area contributed by atoms with Crippen LogP contribution < -0.4 is 10.7 Å². The first kappa shape index (κ1) is 11.1. The zero-order valence-electron chi connectivity index (χ0n) is 9.38. The Morgan fingerprint density at radius 3 is 2.79 bits per heavy atom. The number of fused-ring (bicyclic) bond motifs is 1. The number of carbonyl (C=O) groups excluding carboxylic acids is 1. The van der Waals surface area contributed by atoms with Crippen molar-refractivity contribution in [2.24, 2.45) is 0 Å². The molecule has 0 radical (unpaired) electrons. The van der Waals surface area contributed by atoms with E-state index in [1.54, 1.807) is 18.2 Å². The summed E-state index contributed by atoms with van der Waals surface area (Å²) in [6.07, 6.45) is 0. The largest absolute Gasteiger partial charge is 0.871 e. The van der Waals surface area contributed by atoms with Gasteiger partial charge in [-0.15, -0.1) is 10.2 Å². The molecule has 0 fully saturated rings. The molecule has 0 unspecified atom stereocenters. The Labute approximate surface area is 105 Å². The summed E-state index contributed by atoms with van der Waals surface area (Å²) in [5.41, 5.74) is -0.902. The number of carbonyl (C=O) groups is 1. The highest BCUT2D eigenvalue weighted by molar-refractivity contribution is 6.10. The van der Waals surface area contributed by atoms with Gasteiger partial charge < -0.3 is 10.1 Å². The number of rotatable bonds is 2. The molecule has 0 aliphatic rings. The van der Waals surface area contributed by atoms with Gasteiger partial charge in [0.2, 0.25) is 11.6 Å². The van der Waals surface area contributed by atoms with E-state index < -0.39 is 22.7 Å². The molecule has 94 valence electrons. The van der Waals surface area contributed by atoms with Crippen LogP contribution in [0.15, 0.2) is 29.1 Å². The summed E-state index contributed by atoms with van der Waals surface area (Å²) in [7, 11) is 0. The van der Waals surface area contributed by atoms with E-state index in [1.165, 1.54) is 6.07 Å². The van der Waals surface area contributed by atoms with Gasteiger partial charge in [-0.1, -0.05) is 23.9 Å². The number of para-hydroxylation sites is 1. The van der Waals surface area contributed by atoms with Gasteiger partial charge in [-0.2, -0.15) is 5.21 Å². The fourth-order valence-electron chi connectivity index (χ4n) is 1.79. The molecule has 0 spiro atoms. The van der Waals surface area contributed by atoms with Crippen LogP contribution in [0.3, 0.4) is 0 Å². The number of H-pyrrole nitrogens is 2. The van der Waals surface area contributed by atoms with Crippen molar-refractivity contribution in [3.63, 3.8) is 0 Å². The van der Waals surface area contributed by atoms with Gasteiger partial charge in [-0.3, -0.25) is 9.59 Å². The average molecular weight is 256 g/mol. The van der Waals surface area contributed by atoms with Crippen molar-refractivity contribution < 1.29 is 9.90 Å². The zero-order chi connectivity index (χ0) is 13.4. The van der Waals surface area contributed by atoms with E-state index in [9.17, 15) is 14.7 Å². The molecule has 0 bridgehead atoms. The predicted molar refractivity (Wildman–Crippen MR) is 61.6 cm³/mol. The molecule has 1 aromatic carbocycles. The molecule has 0 atom stereocenters. The fraction of sp³-hybridized carbons (Fsp3) is 0. The minimum atomic E-state index is -0.856. The van der Waals surface area contributed by atoms with Crippen molar-refractivity contribution in [2.75, 3.05) is 0 Å². The number of nitrogens with zero attached hydrogens (tertiary/aromatic N) is 3. The molecular formula is C11H6N5O3-. The molecule has 2 N–H and O–H groups in total. The van der Waals surface area contributed by atoms with E-state index in [0.29, 0.717) is 5.52 Å². The first-order valence-corrected chi connectivity index (χ1v) is 5.28. The molecule has 3 aromatic rings. The number of tetrazole rings is 1. The third-order valence-corrected chi connectivity index (χ3v) is 2.65. The average Bonchev–Trinajstić information content (AvgIpc) is 2.92. The molecule has 0 aliphatic carbocycles. The molecule has 2 heterocycles. The van der Waals surface area contributed by atoms with E-state index in [-0.39, 0.29) is 11.2 Å². The second-order valence-electron chi connectivity index (χ2n) is 3.77. The van der Waals surface area contributed by atoms with Gasteiger partial charge in [0.1, 0.15) is 0 Å². The Bertz CT molecular complexity index is 822. The van der Waals surface area contributed by atoms with Crippen LogP contribution in [-0.2, 0) is 0 Å². The molecule has 0 saturated carbocycles. The Morgan fingerprint density at radius 1 is 1.26 bits per heavy atom. The smallest absolute Gasteiger partial charge is 0.259 e. The van der Waals surface area contributed by atoms with E-state index in [0.717, 1.165) is 0 Å². The van der Waals surface area contributed by atoms with E-state index >= 15 is 0 Å². The highest BCUT2D eigenvalue weighted by Crippen LogP contribution is 2.22. The molecule has 2 aromatic heterocycles. The highest BCUT2D eigenvalue weighted by atomic mass is 16.3. The maximum Gasteiger partial charge on any atom is 0.259 e. The maximum atomic E-state index is 12.2. The number of pyridine rings is 1. The lowest BCUT2D eigenvalue weighted by Gasteiger charge is -2.13. The Balaban J connectivity index is 2.30. The van der Waals surface area contributed by atoms with E-state index in [2.05, 4.69) is 25.6 Å². The third kappa shape index (κ3) is 1.66. The Hall–Kier alpha value is -3.03. The first-order chi connectivity index (χ1) is 9.18. The number of aromatic nitrogens is 5. The number of aromatic amines is 2. The summed E-state index contributed by atoms with van der Waals surface area (Å²) in [6.45, 7) is 0. The summed E-state index contributed by atoms with van der Waals surface area (Å²) < 4.78 is 0. The van der Waals surface area contributed by atoms with Gasteiger partial charge in [-0.05, 0) is 16.7 Å². The topological polar surface area (TPSA) is 127 Å². The minimum Gasteiger partial charge on any atom is -0.871 e. The highest BCUT2D eigenvalue weighted by Gasteiger charge is 2.19. The second-order valence-corrected chi connectivity index (χ2v) is 3.77. The quantitative estimate of drug-likeness (QED) is 0.586. The van der Waals surface area contributed by atoms with Crippen LogP contribution >= 0.6 is 0 Å². The van der Waals surface area contributed by atoms with Crippen molar-refractivity contribution in [2.45, 2.75) is 0 Å². The monoisotopic (exact) mass is 256 g/mol. The van der Waals surface area contributed by atoms with Gasteiger partial charge in [0.25, 0.3) is 5.56 Å². The van der Waals surface area contributed by atoms with Gasteiger partial charge in [0.15, 0.2) is 0 Å². The first-order valence-electron chi connectivity index (χ1n) is 5.28. The summed E-state index contributed by atoms with van der Waals surface area (Å²) in [5.74, 6) is -1.82. The van der Waals surface area contributed by atoms with Crippen molar-refractivity contribution >= 4 is 16.7 Å². The van der Waals surface area contributed by atoms with Crippen LogP contribution in [0, 0.1) is 0 Å². The van der Waals surface area contributed by atoms with E-state index in [1.807, 2.05) is 0 Å². The summed E-state index contributed by atoms with van der Waals surface area (Å²) in [4.78, 5) is 26.3. The molecule has 0 saturated heterocycles. The summed E-state index contributed by atoms with van der Waals surface area (Å²) in [5, 5.41) is 24.7. The number of ketones is 1. The maximum absolute atomic E-state index is 12.2. The van der Waals surface area contributed by atoms with Gasteiger partial charge in [0.05, 0.1) is 5.56 Å². The van der Waals surface area contributed by atoms with Crippen LogP contribution in [0.2, 0.25) is 0 Å². The van der Waals surface area contributed by atoms with Crippen LogP contribution in [0.25, 0.3) is 10.9 Å². The van der Waals surface area contributed by atoms with Gasteiger partial charge in [-0.25, -0.2) is 0 Å². The van der Waals surface area contributed by atoms with Crippen molar-refractivity contribution in [3.05, 3.63) is 46.0 Å². The molecule has 8 nitrogen and oxygen atoms in total. The molecule has 0 amide bonds. The Morgan fingerprint density at radius 2 is 2.05 bits per heavy atom. The van der Waals surface area contributed by atoms with Crippen molar-refractivity contribution in [3.8, 4) is 5.75 Å². The van der Waals surface area contributed by atoms with Crippen LogP contribution in [-0.4, -0.2) is 31.4 Å². The molecule has 0 aliphatic heterocycles. The number of hydrogen-bond acceptors (Lipinski definition) is 6. The van der Waals surface area contributed by atoms with Gasteiger partial charge >= 0.3 is 0 Å². The second kappa shape index (κ2) is 4.02. The van der Waals surface area contributed by atoms with Crippen molar-refractivity contribution in [1.29, 1.82) is 0 Å². The zero-order valence-corrected chi connectivity index (χ0v) is 9.38. The van der Waals surface area contributed by atoms with E-state index in [4.69, 9.17) is 0 Å². The van der Waals surface area contributed by atoms with Crippen LogP contribution in [0.5, 0.6) is 5.75 Å². The lowest BCUT2D eigenvalue weighted by molar-refractivity contribution is -0.266. The summed E-state index contributed by atoms with van der Waals surface area (Å²) >= 11 is 0. The lowest BCUT2D eigenvalue weighted by atomic mass is 10.1. The molecule has 3 rings (SSSR count). The number of nitrogens with one attached hydrogen (secondary N) is 2. The standard InChI is InChI=1S/C11H7N5O3/c17-8-5-3-1-2-4-6(5)12-11(19)7(8)9(18)10-13-15-16-14-10/h1-4H,(H2,12,17,19)(H,13,14,15,16)/p-1.